The summed E-state index contributed by atoms with van der Waals surface area (Å²) in [6.07, 6.45) is 8.20. The van der Waals surface area contributed by atoms with Crippen molar-refractivity contribution in [1.29, 1.82) is 0 Å². The first-order chi connectivity index (χ1) is 6.68. The van der Waals surface area contributed by atoms with Crippen molar-refractivity contribution < 1.29 is 16.9 Å². The van der Waals surface area contributed by atoms with Gasteiger partial charge in [0, 0.05) is 0 Å². The minimum absolute atomic E-state index is 0. The second-order valence-electron chi connectivity index (χ2n) is 4.85. The molecule has 0 saturated heterocycles. The van der Waals surface area contributed by atoms with E-state index in [0.29, 0.717) is 0 Å². The molecule has 0 aromatic rings. The Labute approximate surface area is 103 Å². The summed E-state index contributed by atoms with van der Waals surface area (Å²) in [5.41, 5.74) is 0. The molecule has 0 rings (SSSR count). The highest BCUT2D eigenvalue weighted by molar-refractivity contribution is 4.43. The summed E-state index contributed by atoms with van der Waals surface area (Å²) in [7, 11) is 2.45. The molecule has 94 valence electrons. The predicted octanol–water partition coefficient (Wildman–Crippen LogP) is 0.837. The smallest absolute Gasteiger partial charge is 0.0784 e. The van der Waals surface area contributed by atoms with Crippen LogP contribution < -0.4 is 12.4 Å². The summed E-state index contributed by atoms with van der Waals surface area (Å²) >= 11 is 0. The third-order valence-corrected chi connectivity index (χ3v) is 3.15. The molecule has 0 unspecified atom stereocenters. The average Bonchev–Trinajstić information content (AvgIpc) is 2.21. The van der Waals surface area contributed by atoms with Gasteiger partial charge in [0.2, 0.25) is 0 Å². The maximum atomic E-state index is 2.45. The van der Waals surface area contributed by atoms with E-state index in [2.05, 4.69) is 27.8 Å². The van der Waals surface area contributed by atoms with E-state index >= 15 is 0 Å². The molecule has 0 aromatic heterocycles. The minimum Gasteiger partial charge on any atom is -1.00 e. The van der Waals surface area contributed by atoms with Gasteiger partial charge in [0.1, 0.15) is 0 Å². The van der Waals surface area contributed by atoms with E-state index < -0.39 is 0 Å². The molecule has 0 N–H and O–H groups in total. The lowest BCUT2D eigenvalue weighted by molar-refractivity contribution is -0.910. The Bertz CT molecular complexity index is 104. The van der Waals surface area contributed by atoms with Crippen molar-refractivity contribution in [3.63, 3.8) is 0 Å². The molecule has 0 aliphatic carbocycles. The maximum Gasteiger partial charge on any atom is 0.0784 e. The molecule has 15 heavy (non-hydrogen) atoms. The molecule has 0 aliphatic rings. The molecule has 0 heterocycles. The molecule has 2 heteroatoms. The van der Waals surface area contributed by atoms with E-state index in [9.17, 15) is 0 Å². The number of hydrogen-bond acceptors (Lipinski definition) is 0. The average molecular weight is 236 g/mol. The van der Waals surface area contributed by atoms with Crippen LogP contribution in [0.2, 0.25) is 0 Å². The number of hydrogen-bond donors (Lipinski definition) is 0. The molecule has 0 saturated carbocycles. The van der Waals surface area contributed by atoms with Crippen LogP contribution in [0, 0.1) is 0 Å². The number of halogens is 1. The van der Waals surface area contributed by atoms with Crippen molar-refractivity contribution in [2.75, 3.05) is 26.7 Å². The van der Waals surface area contributed by atoms with Crippen molar-refractivity contribution in [3.8, 4) is 0 Å². The fourth-order valence-corrected chi connectivity index (χ4v) is 1.95. The highest BCUT2D eigenvalue weighted by Crippen LogP contribution is 2.10. The second-order valence-corrected chi connectivity index (χ2v) is 4.85. The molecule has 0 radical (unpaired) electrons. The number of quaternary nitrogens is 1. The van der Waals surface area contributed by atoms with Gasteiger partial charge in [-0.15, -0.1) is 0 Å². The van der Waals surface area contributed by atoms with E-state index in [1.165, 1.54) is 62.6 Å². The van der Waals surface area contributed by atoms with Gasteiger partial charge in [-0.3, -0.25) is 0 Å². The Morgan fingerprint density at radius 1 is 0.667 bits per heavy atom. The van der Waals surface area contributed by atoms with Crippen molar-refractivity contribution in [2.24, 2.45) is 0 Å². The first-order valence-electron chi connectivity index (χ1n) is 6.52. The fraction of sp³-hybridized carbons (Fsp3) is 1.00. The Morgan fingerprint density at radius 3 is 1.13 bits per heavy atom. The second kappa shape index (κ2) is 10.8. The molecule has 0 amide bonds. The van der Waals surface area contributed by atoms with Crippen LogP contribution in [0.3, 0.4) is 0 Å². The van der Waals surface area contributed by atoms with Crippen LogP contribution in [0.5, 0.6) is 0 Å². The summed E-state index contributed by atoms with van der Waals surface area (Å²) in [5, 5.41) is 0. The van der Waals surface area contributed by atoms with Gasteiger partial charge in [0.15, 0.2) is 0 Å². The highest BCUT2D eigenvalue weighted by Gasteiger charge is 2.18. The van der Waals surface area contributed by atoms with Crippen LogP contribution in [0.15, 0.2) is 0 Å². The number of rotatable bonds is 9. The van der Waals surface area contributed by atoms with E-state index in [1.807, 2.05) is 0 Å². The largest absolute Gasteiger partial charge is 1.00 e. The molecule has 0 bridgehead atoms. The lowest BCUT2D eigenvalue weighted by Crippen LogP contribution is -3.00. The standard InChI is InChI=1S/C13H30N.ClH/c1-5-8-11-14(4,12-9-6-2)13-10-7-3;/h5-13H2,1-4H3;1H/q+1;/p-1. The maximum absolute atomic E-state index is 2.45. The van der Waals surface area contributed by atoms with Gasteiger partial charge in [0.05, 0.1) is 26.7 Å². The van der Waals surface area contributed by atoms with Gasteiger partial charge in [0.25, 0.3) is 0 Å². The Kier molecular flexibility index (Phi) is 12.6. The first kappa shape index (κ1) is 17.6. The van der Waals surface area contributed by atoms with Gasteiger partial charge >= 0.3 is 0 Å². The predicted molar refractivity (Wildman–Crippen MR) is 65.5 cm³/mol. The highest BCUT2D eigenvalue weighted by atomic mass is 35.5. The van der Waals surface area contributed by atoms with Crippen LogP contribution in [-0.4, -0.2) is 31.2 Å². The third-order valence-electron chi connectivity index (χ3n) is 3.15. The lowest BCUT2D eigenvalue weighted by atomic mass is 10.2. The first-order valence-corrected chi connectivity index (χ1v) is 6.52. The Morgan fingerprint density at radius 2 is 0.933 bits per heavy atom. The summed E-state index contributed by atoms with van der Waals surface area (Å²) in [6, 6.07) is 0. The molecular formula is C13H30ClN. The van der Waals surface area contributed by atoms with Gasteiger partial charge in [-0.05, 0) is 19.3 Å². The molecule has 0 spiro atoms. The van der Waals surface area contributed by atoms with Crippen molar-refractivity contribution in [2.45, 2.75) is 59.3 Å². The van der Waals surface area contributed by atoms with E-state index in [1.54, 1.807) is 0 Å². The zero-order chi connectivity index (χ0) is 10.9. The molecule has 0 atom stereocenters. The summed E-state index contributed by atoms with van der Waals surface area (Å²) < 4.78 is 1.32. The SMILES string of the molecule is CCCC[N+](C)(CCCC)CCCC.[Cl-]. The van der Waals surface area contributed by atoms with Gasteiger partial charge in [-0.2, -0.15) is 0 Å². The van der Waals surface area contributed by atoms with Crippen molar-refractivity contribution in [1.82, 2.24) is 0 Å². The minimum atomic E-state index is 0. The van der Waals surface area contributed by atoms with E-state index in [-0.39, 0.29) is 12.4 Å². The molecule has 0 aromatic carbocycles. The Hall–Kier alpha value is 0.250. The molecular weight excluding hydrogens is 206 g/mol. The zero-order valence-corrected chi connectivity index (χ0v) is 11.9. The number of nitrogens with zero attached hydrogens (tertiary/aromatic N) is 1. The van der Waals surface area contributed by atoms with Crippen LogP contribution in [-0.2, 0) is 0 Å². The number of unbranched alkanes of at least 4 members (excludes halogenated alkanes) is 3. The lowest BCUT2D eigenvalue weighted by Gasteiger charge is -2.34. The molecule has 0 fully saturated rings. The van der Waals surface area contributed by atoms with Crippen molar-refractivity contribution in [3.05, 3.63) is 0 Å². The van der Waals surface area contributed by atoms with Crippen LogP contribution in [0.1, 0.15) is 59.3 Å². The summed E-state index contributed by atoms with van der Waals surface area (Å²) in [6.45, 7) is 11.0. The van der Waals surface area contributed by atoms with Crippen LogP contribution >= 0.6 is 0 Å². The van der Waals surface area contributed by atoms with Gasteiger partial charge in [-0.25, -0.2) is 0 Å². The van der Waals surface area contributed by atoms with Gasteiger partial charge < -0.3 is 16.9 Å². The van der Waals surface area contributed by atoms with E-state index in [0.717, 1.165) is 0 Å². The Balaban J connectivity index is 0. The molecule has 1 nitrogen and oxygen atoms in total. The third kappa shape index (κ3) is 9.19. The fourth-order valence-electron chi connectivity index (χ4n) is 1.95. The van der Waals surface area contributed by atoms with Crippen molar-refractivity contribution >= 4 is 0 Å². The monoisotopic (exact) mass is 235 g/mol. The summed E-state index contributed by atoms with van der Waals surface area (Å²) in [5.74, 6) is 0. The van der Waals surface area contributed by atoms with E-state index in [4.69, 9.17) is 0 Å². The summed E-state index contributed by atoms with van der Waals surface area (Å²) in [4.78, 5) is 0. The molecule has 0 aliphatic heterocycles. The van der Waals surface area contributed by atoms with Gasteiger partial charge in [-0.1, -0.05) is 40.0 Å². The van der Waals surface area contributed by atoms with Crippen LogP contribution in [0.25, 0.3) is 0 Å². The zero-order valence-electron chi connectivity index (χ0n) is 11.2. The normalized spacial score (nSPS) is 11.2. The van der Waals surface area contributed by atoms with Crippen LogP contribution in [0.4, 0.5) is 0 Å². The quantitative estimate of drug-likeness (QED) is 0.520. The topological polar surface area (TPSA) is 0 Å².